The van der Waals surface area contributed by atoms with Crippen molar-refractivity contribution in [3.63, 3.8) is 0 Å². The summed E-state index contributed by atoms with van der Waals surface area (Å²) in [5.74, 6) is 0.874. The Bertz CT molecular complexity index is 1100. The first-order valence-electron chi connectivity index (χ1n) is 9.48. The molecule has 30 heavy (non-hydrogen) atoms. The van der Waals surface area contributed by atoms with Gasteiger partial charge in [-0.15, -0.1) is 0 Å². The van der Waals surface area contributed by atoms with E-state index in [-0.39, 0.29) is 17.5 Å². The molecule has 7 heteroatoms. The van der Waals surface area contributed by atoms with Crippen LogP contribution < -0.4 is 9.47 Å². The highest BCUT2D eigenvalue weighted by Crippen LogP contribution is 2.37. The monoisotopic (exact) mass is 419 g/mol. The van der Waals surface area contributed by atoms with E-state index in [9.17, 15) is 4.79 Å². The van der Waals surface area contributed by atoms with Crippen molar-refractivity contribution < 1.29 is 14.3 Å². The highest BCUT2D eigenvalue weighted by atomic mass is 32.2. The number of amides is 1. The maximum atomic E-state index is 12.6. The van der Waals surface area contributed by atoms with E-state index < -0.39 is 5.91 Å². The fourth-order valence-electron chi connectivity index (χ4n) is 3.21. The Balaban J connectivity index is 1.69. The van der Waals surface area contributed by atoms with E-state index in [4.69, 9.17) is 14.9 Å². The quantitative estimate of drug-likeness (QED) is 0.706. The third-order valence-electron chi connectivity index (χ3n) is 4.55. The number of methoxy groups -OCH3 is 1. The first-order valence-corrected chi connectivity index (χ1v) is 10.4. The molecule has 2 aromatic carbocycles. The molecule has 0 atom stereocenters. The van der Waals surface area contributed by atoms with Crippen LogP contribution in [-0.4, -0.2) is 35.0 Å². The molecule has 0 aromatic heterocycles. The van der Waals surface area contributed by atoms with E-state index in [1.807, 2.05) is 55.7 Å². The van der Waals surface area contributed by atoms with Crippen LogP contribution in [0.3, 0.4) is 0 Å². The predicted octanol–water partition coefficient (Wildman–Crippen LogP) is 4.79. The van der Waals surface area contributed by atoms with Crippen LogP contribution in [0.4, 0.5) is 0 Å². The molecule has 0 aliphatic carbocycles. The lowest BCUT2D eigenvalue weighted by Gasteiger charge is -2.27. The van der Waals surface area contributed by atoms with Crippen molar-refractivity contribution in [2.45, 2.75) is 20.0 Å². The molecule has 2 aromatic rings. The van der Waals surface area contributed by atoms with Crippen LogP contribution >= 0.6 is 11.8 Å². The molecule has 0 bridgehead atoms. The van der Waals surface area contributed by atoms with Crippen molar-refractivity contribution in [3.05, 3.63) is 70.6 Å². The Morgan fingerprint density at radius 1 is 1.13 bits per heavy atom. The van der Waals surface area contributed by atoms with E-state index in [1.165, 1.54) is 11.8 Å². The zero-order chi connectivity index (χ0) is 21.3. The van der Waals surface area contributed by atoms with E-state index in [0.29, 0.717) is 16.7 Å². The molecule has 6 nitrogen and oxygen atoms in total. The summed E-state index contributed by atoms with van der Waals surface area (Å²) in [4.78, 5) is 18.6. The number of ether oxygens (including phenoxy) is 2. The van der Waals surface area contributed by atoms with Crippen LogP contribution in [0.1, 0.15) is 25.0 Å². The van der Waals surface area contributed by atoms with Crippen molar-refractivity contribution in [1.82, 2.24) is 4.90 Å². The number of fused-ring (bicyclic) bond motifs is 1. The lowest BCUT2D eigenvalue weighted by atomic mass is 10.1. The second-order valence-corrected chi connectivity index (χ2v) is 7.84. The minimum Gasteiger partial charge on any atom is -0.493 e. The van der Waals surface area contributed by atoms with Crippen molar-refractivity contribution in [3.8, 4) is 11.5 Å². The van der Waals surface area contributed by atoms with Gasteiger partial charge in [0, 0.05) is 5.41 Å². The van der Waals surface area contributed by atoms with Gasteiger partial charge in [0.05, 0.1) is 24.5 Å². The summed E-state index contributed by atoms with van der Waals surface area (Å²) in [7, 11) is 1.57. The molecular weight excluding hydrogens is 398 g/mol. The van der Waals surface area contributed by atoms with Crippen LogP contribution in [0.5, 0.6) is 11.5 Å². The van der Waals surface area contributed by atoms with Crippen LogP contribution in [0.2, 0.25) is 0 Å². The smallest absolute Gasteiger partial charge is 0.283 e. The molecule has 2 aliphatic rings. The number of aliphatic imine (C=N–C) groups is 1. The van der Waals surface area contributed by atoms with E-state index in [0.717, 1.165) is 16.8 Å². The topological polar surface area (TPSA) is 75.0 Å². The van der Waals surface area contributed by atoms with Gasteiger partial charge in [-0.05, 0) is 43.2 Å². The van der Waals surface area contributed by atoms with Gasteiger partial charge in [-0.25, -0.2) is 0 Å². The number of carbonyl (C=O) groups is 1. The Hall–Kier alpha value is -3.32. The minimum atomic E-state index is -0.428. The molecule has 0 spiro atoms. The Morgan fingerprint density at radius 3 is 2.60 bits per heavy atom. The average molecular weight is 420 g/mol. The Kier molecular flexibility index (Phi) is 5.46. The predicted molar refractivity (Wildman–Crippen MR) is 121 cm³/mol. The van der Waals surface area contributed by atoms with Crippen molar-refractivity contribution in [2.24, 2.45) is 4.99 Å². The van der Waals surface area contributed by atoms with Gasteiger partial charge >= 0.3 is 0 Å². The standard InChI is InChI=1S/C23H21N3O3S/c1-14(2)29-19-10-9-15(12-20(19)28-3)11-17-21(24)26-18(16-7-5-4-6-8-16)13-30-23(26)25-22(17)27/h4-14,24H,1-3H3/b17-11-,24-21?. The molecule has 1 N–H and O–H groups in total. The number of carbonyl (C=O) groups excluding carboxylic acids is 1. The zero-order valence-corrected chi connectivity index (χ0v) is 17.7. The van der Waals surface area contributed by atoms with Gasteiger partial charge in [0.1, 0.15) is 5.84 Å². The molecule has 0 saturated heterocycles. The first kappa shape index (κ1) is 20.0. The largest absolute Gasteiger partial charge is 0.493 e. The molecule has 2 aliphatic heterocycles. The second-order valence-electron chi connectivity index (χ2n) is 7.01. The summed E-state index contributed by atoms with van der Waals surface area (Å²) in [5.41, 5.74) is 2.75. The molecular formula is C23H21N3O3S. The van der Waals surface area contributed by atoms with Gasteiger partial charge in [-0.3, -0.25) is 15.1 Å². The third kappa shape index (κ3) is 3.76. The molecule has 0 unspecified atom stereocenters. The number of rotatable bonds is 5. The van der Waals surface area contributed by atoms with Gasteiger partial charge in [0.25, 0.3) is 5.91 Å². The number of hydrogen-bond donors (Lipinski definition) is 1. The molecule has 1 amide bonds. The lowest BCUT2D eigenvalue weighted by molar-refractivity contribution is -0.114. The van der Waals surface area contributed by atoms with E-state index in [2.05, 4.69) is 4.99 Å². The highest BCUT2D eigenvalue weighted by Gasteiger charge is 2.36. The number of nitrogens with zero attached hydrogens (tertiary/aromatic N) is 2. The van der Waals surface area contributed by atoms with Crippen LogP contribution in [0, 0.1) is 5.41 Å². The fraction of sp³-hybridized carbons (Fsp3) is 0.174. The van der Waals surface area contributed by atoms with Crippen molar-refractivity contribution in [2.75, 3.05) is 7.11 Å². The highest BCUT2D eigenvalue weighted by molar-refractivity contribution is 8.17. The van der Waals surface area contributed by atoms with Crippen molar-refractivity contribution in [1.29, 1.82) is 5.41 Å². The fourth-order valence-corrected chi connectivity index (χ4v) is 4.10. The zero-order valence-electron chi connectivity index (χ0n) is 16.9. The molecule has 152 valence electrons. The van der Waals surface area contributed by atoms with Gasteiger partial charge in [-0.2, -0.15) is 4.99 Å². The summed E-state index contributed by atoms with van der Waals surface area (Å²) in [6.45, 7) is 3.89. The number of benzene rings is 2. The number of thioether (sulfide) groups is 1. The van der Waals surface area contributed by atoms with Gasteiger partial charge in [0.2, 0.25) is 0 Å². The van der Waals surface area contributed by atoms with Gasteiger partial charge < -0.3 is 9.47 Å². The number of amidine groups is 2. The molecule has 0 radical (unpaired) electrons. The Morgan fingerprint density at radius 2 is 1.90 bits per heavy atom. The van der Waals surface area contributed by atoms with Crippen LogP contribution in [0.25, 0.3) is 11.8 Å². The van der Waals surface area contributed by atoms with Crippen LogP contribution in [0.15, 0.2) is 64.5 Å². The van der Waals surface area contributed by atoms with Gasteiger partial charge in [-0.1, -0.05) is 48.2 Å². The van der Waals surface area contributed by atoms with Crippen LogP contribution in [-0.2, 0) is 4.79 Å². The normalized spacial score (nSPS) is 17.2. The molecule has 2 heterocycles. The Labute approximate surface area is 179 Å². The SMILES string of the molecule is COc1cc(/C=C2/C(=N)N3C(c4ccccc4)=CSC3=NC2=O)ccc1OC(C)C. The van der Waals surface area contributed by atoms with E-state index >= 15 is 0 Å². The number of hydrogen-bond acceptors (Lipinski definition) is 5. The summed E-state index contributed by atoms with van der Waals surface area (Å²) < 4.78 is 11.2. The lowest BCUT2D eigenvalue weighted by Crippen LogP contribution is -2.38. The molecule has 0 fully saturated rings. The second kappa shape index (κ2) is 8.20. The average Bonchev–Trinajstić information content (AvgIpc) is 3.16. The minimum absolute atomic E-state index is 0.0137. The summed E-state index contributed by atoms with van der Waals surface area (Å²) >= 11 is 1.35. The van der Waals surface area contributed by atoms with Gasteiger partial charge in [0.15, 0.2) is 16.7 Å². The first-order chi connectivity index (χ1) is 14.5. The van der Waals surface area contributed by atoms with E-state index in [1.54, 1.807) is 30.2 Å². The summed E-state index contributed by atoms with van der Waals surface area (Å²) in [6, 6.07) is 15.2. The van der Waals surface area contributed by atoms with Crippen molar-refractivity contribution >= 4 is 40.4 Å². The third-order valence-corrected chi connectivity index (χ3v) is 5.37. The summed E-state index contributed by atoms with van der Waals surface area (Å²) in [6.07, 6.45) is 1.68. The maximum Gasteiger partial charge on any atom is 0.283 e. The maximum absolute atomic E-state index is 12.6. The summed E-state index contributed by atoms with van der Waals surface area (Å²) in [5, 5.41) is 11.1. The molecule has 0 saturated carbocycles. The molecule has 4 rings (SSSR count). The number of nitrogens with one attached hydrogen (secondary N) is 1.